The van der Waals surface area contributed by atoms with Crippen molar-refractivity contribution in [3.8, 4) is 0 Å². The van der Waals surface area contributed by atoms with Crippen LogP contribution in [0.1, 0.15) is 25.7 Å². The Hall–Kier alpha value is -2.31. The molecular formula is C19H28FN5O. The van der Waals surface area contributed by atoms with Crippen LogP contribution in [0, 0.1) is 5.82 Å². The van der Waals surface area contributed by atoms with Gasteiger partial charge in [0.2, 0.25) is 5.91 Å². The standard InChI is InChI=1S/C19H28FN5O/c1-21-19(22-10-2-3-18(26)23-16-6-7-16)25-13-11-24(12-14-25)17-8-4-15(20)5-9-17/h4-5,8-9,16H,2-3,6-7,10-14H2,1H3,(H,21,22)(H,23,26). The topological polar surface area (TPSA) is 60.0 Å². The molecule has 0 radical (unpaired) electrons. The number of benzene rings is 1. The summed E-state index contributed by atoms with van der Waals surface area (Å²) in [7, 11) is 1.79. The number of hydrogen-bond donors (Lipinski definition) is 2. The quantitative estimate of drug-likeness (QED) is 0.459. The molecule has 142 valence electrons. The van der Waals surface area contributed by atoms with Gasteiger partial charge < -0.3 is 20.4 Å². The van der Waals surface area contributed by atoms with Gasteiger partial charge in [-0.15, -0.1) is 0 Å². The first-order valence-electron chi connectivity index (χ1n) is 9.41. The number of nitrogens with one attached hydrogen (secondary N) is 2. The van der Waals surface area contributed by atoms with E-state index in [-0.39, 0.29) is 11.7 Å². The third-order valence-electron chi connectivity index (χ3n) is 4.79. The summed E-state index contributed by atoms with van der Waals surface area (Å²) in [5.74, 6) is 0.825. The van der Waals surface area contributed by atoms with Gasteiger partial charge in [0.1, 0.15) is 5.82 Å². The Morgan fingerprint density at radius 1 is 1.19 bits per heavy atom. The fourth-order valence-electron chi connectivity index (χ4n) is 3.14. The van der Waals surface area contributed by atoms with Crippen molar-refractivity contribution in [2.75, 3.05) is 44.7 Å². The van der Waals surface area contributed by atoms with E-state index < -0.39 is 0 Å². The molecule has 1 saturated heterocycles. The van der Waals surface area contributed by atoms with Crippen LogP contribution in [-0.2, 0) is 4.79 Å². The molecular weight excluding hydrogens is 333 g/mol. The average Bonchev–Trinajstić information content (AvgIpc) is 3.47. The molecule has 0 aromatic heterocycles. The van der Waals surface area contributed by atoms with Gasteiger partial charge in [0.15, 0.2) is 5.96 Å². The Kier molecular flexibility index (Phi) is 6.30. The Morgan fingerprint density at radius 2 is 1.88 bits per heavy atom. The van der Waals surface area contributed by atoms with Crippen molar-refractivity contribution < 1.29 is 9.18 Å². The molecule has 6 nitrogen and oxygen atoms in total. The SMILES string of the molecule is CN=C(NCCCC(=O)NC1CC1)N1CCN(c2ccc(F)cc2)CC1. The lowest BCUT2D eigenvalue weighted by Gasteiger charge is -2.37. The second-order valence-corrected chi connectivity index (χ2v) is 6.87. The number of carbonyl (C=O) groups excluding carboxylic acids is 1. The van der Waals surface area contributed by atoms with E-state index in [0.29, 0.717) is 12.5 Å². The first-order chi connectivity index (χ1) is 12.7. The lowest BCUT2D eigenvalue weighted by Crippen LogP contribution is -2.52. The molecule has 0 unspecified atom stereocenters. The van der Waals surface area contributed by atoms with Crippen LogP contribution in [0.3, 0.4) is 0 Å². The van der Waals surface area contributed by atoms with E-state index >= 15 is 0 Å². The summed E-state index contributed by atoms with van der Waals surface area (Å²) >= 11 is 0. The van der Waals surface area contributed by atoms with Crippen molar-refractivity contribution in [3.05, 3.63) is 30.1 Å². The normalized spacial score (nSPS) is 18.0. The zero-order valence-electron chi connectivity index (χ0n) is 15.4. The maximum absolute atomic E-state index is 13.1. The highest BCUT2D eigenvalue weighted by atomic mass is 19.1. The molecule has 1 aromatic carbocycles. The fraction of sp³-hybridized carbons (Fsp3) is 0.579. The first-order valence-corrected chi connectivity index (χ1v) is 9.41. The van der Waals surface area contributed by atoms with Gasteiger partial charge in [-0.3, -0.25) is 9.79 Å². The Balaban J connectivity index is 1.37. The van der Waals surface area contributed by atoms with Gasteiger partial charge >= 0.3 is 0 Å². The lowest BCUT2D eigenvalue weighted by atomic mass is 10.2. The first kappa shape index (κ1) is 18.5. The minimum Gasteiger partial charge on any atom is -0.368 e. The molecule has 1 aromatic rings. The zero-order chi connectivity index (χ0) is 18.4. The number of halogens is 1. The minimum absolute atomic E-state index is 0.150. The molecule has 3 rings (SSSR count). The van der Waals surface area contributed by atoms with Gasteiger partial charge in [-0.2, -0.15) is 0 Å². The average molecular weight is 361 g/mol. The van der Waals surface area contributed by atoms with E-state index in [1.807, 2.05) is 12.1 Å². The van der Waals surface area contributed by atoms with Gasteiger partial charge in [-0.25, -0.2) is 4.39 Å². The van der Waals surface area contributed by atoms with Crippen LogP contribution in [-0.4, -0.2) is 62.6 Å². The minimum atomic E-state index is -0.206. The molecule has 1 heterocycles. The van der Waals surface area contributed by atoms with Gasteiger partial charge in [0.05, 0.1) is 0 Å². The largest absolute Gasteiger partial charge is 0.368 e. The number of hydrogen-bond acceptors (Lipinski definition) is 3. The number of carbonyl (C=O) groups is 1. The van der Waals surface area contributed by atoms with Crippen LogP contribution in [0.25, 0.3) is 0 Å². The van der Waals surface area contributed by atoms with Crippen molar-refractivity contribution in [1.82, 2.24) is 15.5 Å². The summed E-state index contributed by atoms with van der Waals surface area (Å²) in [4.78, 5) is 20.5. The molecule has 1 aliphatic carbocycles. The maximum atomic E-state index is 13.1. The van der Waals surface area contributed by atoms with Crippen LogP contribution in [0.5, 0.6) is 0 Å². The molecule has 1 aliphatic heterocycles. The van der Waals surface area contributed by atoms with Crippen LogP contribution >= 0.6 is 0 Å². The summed E-state index contributed by atoms with van der Waals surface area (Å²) in [6, 6.07) is 7.08. The van der Waals surface area contributed by atoms with Crippen molar-refractivity contribution >= 4 is 17.6 Å². The van der Waals surface area contributed by atoms with Gasteiger partial charge in [0, 0.05) is 57.9 Å². The number of anilines is 1. The van der Waals surface area contributed by atoms with E-state index in [2.05, 4.69) is 25.4 Å². The summed E-state index contributed by atoms with van der Waals surface area (Å²) in [6.07, 6.45) is 3.60. The number of nitrogens with zero attached hydrogens (tertiary/aromatic N) is 3. The highest BCUT2D eigenvalue weighted by Gasteiger charge is 2.23. The molecule has 0 spiro atoms. The van der Waals surface area contributed by atoms with E-state index in [1.54, 1.807) is 7.05 Å². The smallest absolute Gasteiger partial charge is 0.220 e. The van der Waals surface area contributed by atoms with Crippen LogP contribution in [0.4, 0.5) is 10.1 Å². The highest BCUT2D eigenvalue weighted by Crippen LogP contribution is 2.19. The Morgan fingerprint density at radius 3 is 2.50 bits per heavy atom. The van der Waals surface area contributed by atoms with Crippen molar-refractivity contribution in [1.29, 1.82) is 0 Å². The van der Waals surface area contributed by atoms with Gasteiger partial charge in [-0.05, 0) is 43.5 Å². The summed E-state index contributed by atoms with van der Waals surface area (Å²) in [5.41, 5.74) is 1.05. The summed E-state index contributed by atoms with van der Waals surface area (Å²) in [5, 5.41) is 6.36. The third-order valence-corrected chi connectivity index (χ3v) is 4.79. The van der Waals surface area contributed by atoms with Crippen molar-refractivity contribution in [3.63, 3.8) is 0 Å². The highest BCUT2D eigenvalue weighted by molar-refractivity contribution is 5.80. The monoisotopic (exact) mass is 361 g/mol. The van der Waals surface area contributed by atoms with E-state index in [1.165, 1.54) is 12.1 Å². The number of amides is 1. The van der Waals surface area contributed by atoms with Crippen LogP contribution in [0.15, 0.2) is 29.3 Å². The second kappa shape index (κ2) is 8.87. The van der Waals surface area contributed by atoms with E-state index in [9.17, 15) is 9.18 Å². The molecule has 0 bridgehead atoms. The molecule has 0 atom stereocenters. The van der Waals surface area contributed by atoms with Crippen molar-refractivity contribution in [2.24, 2.45) is 4.99 Å². The molecule has 1 amide bonds. The molecule has 26 heavy (non-hydrogen) atoms. The number of piperazine rings is 1. The van der Waals surface area contributed by atoms with E-state index in [4.69, 9.17) is 0 Å². The maximum Gasteiger partial charge on any atom is 0.220 e. The van der Waals surface area contributed by atoms with Crippen molar-refractivity contribution in [2.45, 2.75) is 31.7 Å². The van der Waals surface area contributed by atoms with Gasteiger partial charge in [0.25, 0.3) is 0 Å². The summed E-state index contributed by atoms with van der Waals surface area (Å²) < 4.78 is 13.1. The van der Waals surface area contributed by atoms with E-state index in [0.717, 1.165) is 63.6 Å². The molecule has 7 heteroatoms. The number of aliphatic imine (C=N–C) groups is 1. The van der Waals surface area contributed by atoms with Gasteiger partial charge in [-0.1, -0.05) is 0 Å². The third kappa shape index (κ3) is 5.34. The van der Waals surface area contributed by atoms with Crippen LogP contribution < -0.4 is 15.5 Å². The summed E-state index contributed by atoms with van der Waals surface area (Å²) in [6.45, 7) is 4.20. The predicted octanol–water partition coefficient (Wildman–Crippen LogP) is 1.58. The zero-order valence-corrected chi connectivity index (χ0v) is 15.4. The molecule has 2 aliphatic rings. The molecule has 1 saturated carbocycles. The molecule has 2 N–H and O–H groups in total. The van der Waals surface area contributed by atoms with Crippen LogP contribution in [0.2, 0.25) is 0 Å². The Labute approximate surface area is 154 Å². The number of guanidine groups is 1. The Bertz CT molecular complexity index is 621. The number of rotatable bonds is 6. The lowest BCUT2D eigenvalue weighted by molar-refractivity contribution is -0.121. The molecule has 2 fully saturated rings. The second-order valence-electron chi connectivity index (χ2n) is 6.87. The predicted molar refractivity (Wildman–Crippen MR) is 102 cm³/mol. The fourth-order valence-corrected chi connectivity index (χ4v) is 3.14.